The minimum absolute atomic E-state index is 0.0671. The van der Waals surface area contributed by atoms with Crippen LogP contribution in [0.5, 0.6) is 5.75 Å². The lowest BCUT2D eigenvalue weighted by Crippen LogP contribution is -2.23. The molecule has 1 amide bonds. The number of carbonyl (C=O) groups is 1. The number of allylic oxidation sites excluding steroid dienone is 1. The monoisotopic (exact) mass is 504 g/mol. The highest BCUT2D eigenvalue weighted by atomic mass is 32.2. The molecule has 0 aliphatic heterocycles. The van der Waals surface area contributed by atoms with Gasteiger partial charge in [0.05, 0.1) is 23.7 Å². The number of aromatic nitrogens is 5. The summed E-state index contributed by atoms with van der Waals surface area (Å²) in [6.45, 7) is 8.65. The molecule has 0 atom stereocenters. The molecule has 9 nitrogen and oxygen atoms in total. The summed E-state index contributed by atoms with van der Waals surface area (Å²) in [5, 5.41) is 12.0. The summed E-state index contributed by atoms with van der Waals surface area (Å²) in [4.78, 5) is 25.9. The molecule has 0 aliphatic rings. The highest BCUT2D eigenvalue weighted by molar-refractivity contribution is 7.99. The average molecular weight is 505 g/mol. The highest BCUT2D eigenvalue weighted by Crippen LogP contribution is 2.26. The van der Waals surface area contributed by atoms with E-state index in [-0.39, 0.29) is 22.9 Å². The second-order valence-electron chi connectivity index (χ2n) is 7.94. The van der Waals surface area contributed by atoms with Gasteiger partial charge in [-0.15, -0.1) is 16.8 Å². The van der Waals surface area contributed by atoms with Gasteiger partial charge in [-0.3, -0.25) is 18.8 Å². The molecule has 186 valence electrons. The first kappa shape index (κ1) is 25.1. The lowest BCUT2D eigenvalue weighted by atomic mass is 10.2. The predicted molar refractivity (Wildman–Crippen MR) is 142 cm³/mol. The summed E-state index contributed by atoms with van der Waals surface area (Å²) in [6, 6.07) is 16.9. The number of para-hydroxylation sites is 1. The van der Waals surface area contributed by atoms with Gasteiger partial charge in [0.25, 0.3) is 5.56 Å². The summed E-state index contributed by atoms with van der Waals surface area (Å²) in [6.07, 6.45) is 1.75. The molecule has 4 aromatic rings. The van der Waals surface area contributed by atoms with Crippen molar-refractivity contribution in [3.63, 3.8) is 0 Å². The molecular formula is C26H28N6O3S. The van der Waals surface area contributed by atoms with Crippen molar-refractivity contribution in [3.05, 3.63) is 83.3 Å². The van der Waals surface area contributed by atoms with Crippen LogP contribution in [-0.4, -0.2) is 42.4 Å². The molecule has 1 N–H and O–H groups in total. The molecule has 10 heteroatoms. The zero-order valence-electron chi connectivity index (χ0n) is 20.5. The van der Waals surface area contributed by atoms with Gasteiger partial charge in [-0.2, -0.15) is 0 Å². The van der Waals surface area contributed by atoms with Gasteiger partial charge in [-0.1, -0.05) is 36.0 Å². The first-order valence-electron chi connectivity index (χ1n) is 11.5. The van der Waals surface area contributed by atoms with E-state index in [1.165, 1.54) is 16.4 Å². The minimum Gasteiger partial charge on any atom is -0.494 e. The molecule has 0 saturated carbocycles. The molecule has 2 heterocycles. The number of hydrogen-bond donors (Lipinski definition) is 1. The van der Waals surface area contributed by atoms with Gasteiger partial charge < -0.3 is 10.1 Å². The van der Waals surface area contributed by atoms with E-state index in [1.54, 1.807) is 24.7 Å². The van der Waals surface area contributed by atoms with Crippen LogP contribution in [0.2, 0.25) is 0 Å². The lowest BCUT2D eigenvalue weighted by Gasteiger charge is -2.09. The number of rotatable bonds is 10. The van der Waals surface area contributed by atoms with Gasteiger partial charge in [0.1, 0.15) is 11.4 Å². The summed E-state index contributed by atoms with van der Waals surface area (Å²) < 4.78 is 10.7. The summed E-state index contributed by atoms with van der Waals surface area (Å²) >= 11 is 1.25. The van der Waals surface area contributed by atoms with Gasteiger partial charge in [-0.25, -0.2) is 4.68 Å². The minimum atomic E-state index is -0.304. The molecule has 0 bridgehead atoms. The Morgan fingerprint density at radius 2 is 1.86 bits per heavy atom. The van der Waals surface area contributed by atoms with E-state index in [2.05, 4.69) is 22.1 Å². The number of anilines is 1. The largest absolute Gasteiger partial charge is 0.494 e. The third kappa shape index (κ3) is 5.13. The van der Waals surface area contributed by atoms with Gasteiger partial charge in [0.2, 0.25) is 5.91 Å². The fourth-order valence-corrected chi connectivity index (χ4v) is 4.54. The summed E-state index contributed by atoms with van der Waals surface area (Å²) in [5.41, 5.74) is 2.24. The van der Waals surface area contributed by atoms with E-state index in [9.17, 15) is 9.59 Å². The van der Waals surface area contributed by atoms with E-state index in [0.29, 0.717) is 29.8 Å². The molecular weight excluding hydrogens is 476 g/mol. The zero-order valence-corrected chi connectivity index (χ0v) is 21.3. The number of nitrogens with one attached hydrogen (secondary N) is 1. The Balaban J connectivity index is 1.50. The number of thioether (sulfide) groups is 1. The van der Waals surface area contributed by atoms with Crippen LogP contribution in [0.25, 0.3) is 17.1 Å². The van der Waals surface area contributed by atoms with Crippen molar-refractivity contribution in [3.8, 4) is 22.8 Å². The Morgan fingerprint density at radius 1 is 1.14 bits per heavy atom. The molecule has 0 spiro atoms. The average Bonchev–Trinajstić information content (AvgIpc) is 3.38. The maximum absolute atomic E-state index is 13.1. The quantitative estimate of drug-likeness (QED) is 0.259. The second-order valence-corrected chi connectivity index (χ2v) is 8.88. The molecule has 2 aromatic heterocycles. The van der Waals surface area contributed by atoms with Crippen molar-refractivity contribution in [2.24, 2.45) is 7.05 Å². The standard InChI is InChI=1S/C26H28N6O3S/c1-5-16-31-24(19-12-14-21(15-13-19)35-6-2)28-29-26(31)36-17-22(33)27-23-18(3)30(4)32(25(23)34)20-10-8-7-9-11-20/h5,7-15H,1,6,16-17H2,2-4H3,(H,27,33). The maximum atomic E-state index is 13.1. The number of carbonyl (C=O) groups excluding carboxylic acids is 1. The van der Waals surface area contributed by atoms with Crippen LogP contribution >= 0.6 is 11.8 Å². The third-order valence-electron chi connectivity index (χ3n) is 5.60. The number of hydrogen-bond acceptors (Lipinski definition) is 6. The molecule has 2 aromatic carbocycles. The second kappa shape index (κ2) is 11.1. The summed E-state index contributed by atoms with van der Waals surface area (Å²) in [7, 11) is 1.79. The Bertz CT molecular complexity index is 1420. The lowest BCUT2D eigenvalue weighted by molar-refractivity contribution is -0.113. The number of nitrogens with zero attached hydrogens (tertiary/aromatic N) is 5. The molecule has 0 aliphatic carbocycles. The fourth-order valence-electron chi connectivity index (χ4n) is 3.79. The van der Waals surface area contributed by atoms with Crippen LogP contribution in [0.3, 0.4) is 0 Å². The Labute approximate surface area is 213 Å². The Morgan fingerprint density at radius 3 is 2.53 bits per heavy atom. The van der Waals surface area contributed by atoms with Gasteiger partial charge >= 0.3 is 0 Å². The van der Waals surface area contributed by atoms with E-state index in [0.717, 1.165) is 17.0 Å². The van der Waals surface area contributed by atoms with Crippen molar-refractivity contribution >= 4 is 23.4 Å². The number of ether oxygens (including phenoxy) is 1. The maximum Gasteiger partial charge on any atom is 0.295 e. The van der Waals surface area contributed by atoms with E-state index >= 15 is 0 Å². The van der Waals surface area contributed by atoms with Crippen LogP contribution in [0.4, 0.5) is 5.69 Å². The first-order valence-corrected chi connectivity index (χ1v) is 12.5. The van der Waals surface area contributed by atoms with Crippen molar-refractivity contribution < 1.29 is 9.53 Å². The van der Waals surface area contributed by atoms with Crippen LogP contribution in [0.15, 0.2) is 77.2 Å². The third-order valence-corrected chi connectivity index (χ3v) is 6.57. The molecule has 0 unspecified atom stereocenters. The van der Waals surface area contributed by atoms with Crippen LogP contribution < -0.4 is 15.6 Å². The summed E-state index contributed by atoms with van der Waals surface area (Å²) in [5.74, 6) is 1.22. The Kier molecular flexibility index (Phi) is 7.74. The normalized spacial score (nSPS) is 10.9. The van der Waals surface area contributed by atoms with Crippen LogP contribution in [0, 0.1) is 6.92 Å². The van der Waals surface area contributed by atoms with Crippen molar-refractivity contribution in [2.75, 3.05) is 17.7 Å². The Hall–Kier alpha value is -4.05. The first-order chi connectivity index (χ1) is 17.4. The van der Waals surface area contributed by atoms with E-state index in [1.807, 2.05) is 66.1 Å². The van der Waals surface area contributed by atoms with E-state index in [4.69, 9.17) is 4.74 Å². The molecule has 0 fully saturated rings. The fraction of sp³-hybridized carbons (Fsp3) is 0.231. The van der Waals surface area contributed by atoms with Crippen LogP contribution in [-0.2, 0) is 18.4 Å². The molecule has 0 radical (unpaired) electrons. The van der Waals surface area contributed by atoms with Gasteiger partial charge in [-0.05, 0) is 50.2 Å². The van der Waals surface area contributed by atoms with Gasteiger partial charge in [0.15, 0.2) is 11.0 Å². The van der Waals surface area contributed by atoms with Crippen molar-refractivity contribution in [2.45, 2.75) is 25.5 Å². The number of benzene rings is 2. The van der Waals surface area contributed by atoms with Crippen molar-refractivity contribution in [1.82, 2.24) is 24.1 Å². The van der Waals surface area contributed by atoms with E-state index < -0.39 is 0 Å². The molecule has 0 saturated heterocycles. The molecule has 36 heavy (non-hydrogen) atoms. The van der Waals surface area contributed by atoms with Crippen molar-refractivity contribution in [1.29, 1.82) is 0 Å². The molecule has 4 rings (SSSR count). The number of amides is 1. The predicted octanol–water partition coefficient (Wildman–Crippen LogP) is 4.06. The smallest absolute Gasteiger partial charge is 0.295 e. The highest BCUT2D eigenvalue weighted by Gasteiger charge is 2.20. The SMILES string of the molecule is C=CCn1c(SCC(=O)Nc2c(C)n(C)n(-c3ccccc3)c2=O)nnc1-c1ccc(OCC)cc1. The van der Waals surface area contributed by atoms with Crippen LogP contribution in [0.1, 0.15) is 12.6 Å². The van der Waals surface area contributed by atoms with Gasteiger partial charge in [0, 0.05) is 19.2 Å². The topological polar surface area (TPSA) is 96.0 Å². The zero-order chi connectivity index (χ0) is 25.7.